The predicted octanol–water partition coefficient (Wildman–Crippen LogP) is 4.45. The minimum absolute atomic E-state index is 0.00715. The monoisotopic (exact) mass is 497 g/mol. The van der Waals surface area contributed by atoms with E-state index in [9.17, 15) is 13.2 Å². The van der Waals surface area contributed by atoms with Gasteiger partial charge in [0, 0.05) is 5.39 Å². The molecular formula is C24H20ClN3O5S. The van der Waals surface area contributed by atoms with Crippen LogP contribution in [0.15, 0.2) is 87.2 Å². The SMILES string of the molecule is COc1cccc2cc(C(=O)Nc3ccccc3Cl)c(=NNS(=O)(=O)c3ccc(C)cc3)oc12. The summed E-state index contributed by atoms with van der Waals surface area (Å²) in [6.45, 7) is 1.85. The molecule has 0 aliphatic heterocycles. The smallest absolute Gasteiger partial charge is 0.276 e. The third-order valence-corrected chi connectivity index (χ3v) is 6.48. The number of para-hydroxylation sites is 2. The second-order valence-electron chi connectivity index (χ2n) is 7.30. The first kappa shape index (κ1) is 23.3. The number of carbonyl (C=O) groups excluding carboxylic acids is 1. The number of rotatable bonds is 6. The van der Waals surface area contributed by atoms with Gasteiger partial charge < -0.3 is 14.5 Å². The number of hydrogen-bond donors (Lipinski definition) is 2. The molecule has 4 aromatic rings. The Morgan fingerprint density at radius 2 is 1.76 bits per heavy atom. The van der Waals surface area contributed by atoms with Gasteiger partial charge in [-0.2, -0.15) is 13.2 Å². The lowest BCUT2D eigenvalue weighted by Gasteiger charge is -2.10. The van der Waals surface area contributed by atoms with Crippen molar-refractivity contribution in [1.29, 1.82) is 0 Å². The Hall–Kier alpha value is -3.82. The molecule has 10 heteroatoms. The van der Waals surface area contributed by atoms with Crippen molar-refractivity contribution in [1.82, 2.24) is 4.83 Å². The van der Waals surface area contributed by atoms with Gasteiger partial charge in [-0.1, -0.05) is 53.6 Å². The van der Waals surface area contributed by atoms with Crippen molar-refractivity contribution < 1.29 is 22.4 Å². The number of methoxy groups -OCH3 is 1. The molecule has 0 unspecified atom stereocenters. The normalized spacial score (nSPS) is 11.9. The fraction of sp³-hybridized carbons (Fsp3) is 0.0833. The van der Waals surface area contributed by atoms with Gasteiger partial charge in [-0.15, -0.1) is 5.10 Å². The van der Waals surface area contributed by atoms with Gasteiger partial charge in [-0.05, 0) is 43.3 Å². The zero-order valence-electron chi connectivity index (χ0n) is 18.2. The first-order chi connectivity index (χ1) is 16.3. The van der Waals surface area contributed by atoms with Crippen molar-refractivity contribution in [3.63, 3.8) is 0 Å². The van der Waals surface area contributed by atoms with E-state index in [2.05, 4.69) is 15.2 Å². The molecule has 0 bridgehead atoms. The number of anilines is 1. The molecule has 8 nitrogen and oxygen atoms in total. The van der Waals surface area contributed by atoms with E-state index >= 15 is 0 Å². The molecule has 34 heavy (non-hydrogen) atoms. The number of ether oxygens (including phenoxy) is 1. The Balaban J connectivity index is 1.82. The summed E-state index contributed by atoms with van der Waals surface area (Å²) in [6.07, 6.45) is 0. The average Bonchev–Trinajstić information content (AvgIpc) is 2.83. The second kappa shape index (κ2) is 9.58. The molecule has 0 atom stereocenters. The summed E-state index contributed by atoms with van der Waals surface area (Å²) in [7, 11) is -2.54. The van der Waals surface area contributed by atoms with E-state index in [-0.39, 0.29) is 16.0 Å². The van der Waals surface area contributed by atoms with Gasteiger partial charge in [0.05, 0.1) is 22.7 Å². The zero-order chi connectivity index (χ0) is 24.3. The lowest BCUT2D eigenvalue weighted by Crippen LogP contribution is -2.27. The Kier molecular flexibility index (Phi) is 6.58. The van der Waals surface area contributed by atoms with Crippen LogP contribution in [0.3, 0.4) is 0 Å². The van der Waals surface area contributed by atoms with Crippen LogP contribution in [0.25, 0.3) is 11.0 Å². The number of amides is 1. The minimum Gasteiger partial charge on any atom is -0.493 e. The Morgan fingerprint density at radius 3 is 2.47 bits per heavy atom. The Bertz CT molecular complexity index is 1550. The molecule has 0 radical (unpaired) electrons. The van der Waals surface area contributed by atoms with E-state index in [1.54, 1.807) is 54.6 Å². The summed E-state index contributed by atoms with van der Waals surface area (Å²) in [5, 5.41) is 7.53. The highest BCUT2D eigenvalue weighted by Gasteiger charge is 2.18. The minimum atomic E-state index is -4.01. The van der Waals surface area contributed by atoms with Gasteiger partial charge in [0.15, 0.2) is 11.3 Å². The molecule has 0 fully saturated rings. The van der Waals surface area contributed by atoms with Crippen LogP contribution >= 0.6 is 11.6 Å². The van der Waals surface area contributed by atoms with Crippen molar-refractivity contribution in [3.05, 3.63) is 94.5 Å². The topological polar surface area (TPSA) is 110 Å². The van der Waals surface area contributed by atoms with Crippen LogP contribution in [0.1, 0.15) is 15.9 Å². The van der Waals surface area contributed by atoms with Crippen molar-refractivity contribution in [2.24, 2.45) is 5.10 Å². The fourth-order valence-corrected chi connectivity index (χ4v) is 4.14. The number of hydrogen-bond acceptors (Lipinski definition) is 6. The molecule has 1 aromatic heterocycles. The second-order valence-corrected chi connectivity index (χ2v) is 9.37. The molecule has 0 saturated carbocycles. The van der Waals surface area contributed by atoms with E-state index in [1.807, 2.05) is 6.92 Å². The number of benzene rings is 3. The van der Waals surface area contributed by atoms with E-state index in [4.69, 9.17) is 20.8 Å². The fourth-order valence-electron chi connectivity index (χ4n) is 3.15. The maximum Gasteiger partial charge on any atom is 0.276 e. The number of sulfonamides is 1. The molecule has 0 aliphatic rings. The van der Waals surface area contributed by atoms with Gasteiger partial charge in [0.25, 0.3) is 15.9 Å². The van der Waals surface area contributed by atoms with Crippen molar-refractivity contribution in [3.8, 4) is 5.75 Å². The maximum absolute atomic E-state index is 13.1. The molecule has 0 aliphatic carbocycles. The third kappa shape index (κ3) is 4.90. The first-order valence-electron chi connectivity index (χ1n) is 10.1. The number of aryl methyl sites for hydroxylation is 1. The van der Waals surface area contributed by atoms with Crippen LogP contribution in [0.2, 0.25) is 5.02 Å². The summed E-state index contributed by atoms with van der Waals surface area (Å²) >= 11 is 6.16. The van der Waals surface area contributed by atoms with E-state index < -0.39 is 15.9 Å². The number of nitrogens with one attached hydrogen (secondary N) is 2. The standard InChI is InChI=1S/C24H20ClN3O5S/c1-15-10-12-17(13-11-15)34(30,31)28-27-24-18(23(29)26-20-8-4-3-7-19(20)25)14-16-6-5-9-21(32-2)22(16)33-24/h3-14,28H,1-2H3,(H,26,29). The average molecular weight is 498 g/mol. The lowest BCUT2D eigenvalue weighted by molar-refractivity contribution is 0.102. The summed E-state index contributed by atoms with van der Waals surface area (Å²) in [5.41, 5.74) is 1.33. The molecule has 3 aromatic carbocycles. The zero-order valence-corrected chi connectivity index (χ0v) is 19.8. The first-order valence-corrected chi connectivity index (χ1v) is 11.9. The molecule has 174 valence electrons. The number of fused-ring (bicyclic) bond motifs is 1. The van der Waals surface area contributed by atoms with Gasteiger partial charge in [-0.3, -0.25) is 4.79 Å². The van der Waals surface area contributed by atoms with Gasteiger partial charge >= 0.3 is 0 Å². The largest absolute Gasteiger partial charge is 0.493 e. The van der Waals surface area contributed by atoms with Gasteiger partial charge in [0.1, 0.15) is 5.56 Å². The van der Waals surface area contributed by atoms with Crippen LogP contribution in [0.5, 0.6) is 5.75 Å². The van der Waals surface area contributed by atoms with Gasteiger partial charge in [-0.25, -0.2) is 0 Å². The van der Waals surface area contributed by atoms with E-state index in [1.165, 1.54) is 25.3 Å². The van der Waals surface area contributed by atoms with Crippen molar-refractivity contribution in [2.75, 3.05) is 12.4 Å². The van der Waals surface area contributed by atoms with Crippen LogP contribution in [-0.4, -0.2) is 21.4 Å². The Labute approximate surface area is 200 Å². The molecule has 0 saturated heterocycles. The molecular weight excluding hydrogens is 478 g/mol. The van der Waals surface area contributed by atoms with Crippen molar-refractivity contribution in [2.45, 2.75) is 11.8 Å². The van der Waals surface area contributed by atoms with Gasteiger partial charge in [0.2, 0.25) is 5.55 Å². The van der Waals surface area contributed by atoms with Crippen molar-refractivity contribution >= 4 is 44.2 Å². The van der Waals surface area contributed by atoms with Crippen LogP contribution in [-0.2, 0) is 10.0 Å². The summed E-state index contributed by atoms with van der Waals surface area (Å²) in [4.78, 5) is 15.3. The molecule has 0 spiro atoms. The van der Waals surface area contributed by atoms with Crippen LogP contribution < -0.4 is 20.4 Å². The molecule has 2 N–H and O–H groups in total. The number of carbonyl (C=O) groups is 1. The van der Waals surface area contributed by atoms with E-state index in [0.717, 1.165) is 5.56 Å². The molecule has 4 rings (SSSR count). The summed E-state index contributed by atoms with van der Waals surface area (Å²) < 4.78 is 36.6. The Morgan fingerprint density at radius 1 is 1.03 bits per heavy atom. The maximum atomic E-state index is 13.1. The van der Waals surface area contributed by atoms with Crippen LogP contribution in [0.4, 0.5) is 5.69 Å². The number of nitrogens with zero attached hydrogens (tertiary/aromatic N) is 1. The summed E-state index contributed by atoms with van der Waals surface area (Å²) in [6, 6.07) is 19.7. The lowest BCUT2D eigenvalue weighted by atomic mass is 10.1. The highest BCUT2D eigenvalue weighted by molar-refractivity contribution is 7.89. The quantitative estimate of drug-likeness (QED) is 0.382. The summed E-state index contributed by atoms with van der Waals surface area (Å²) in [5.74, 6) is -0.191. The highest BCUT2D eigenvalue weighted by atomic mass is 35.5. The number of halogens is 1. The molecule has 1 heterocycles. The third-order valence-electron chi connectivity index (χ3n) is 4.92. The van der Waals surface area contributed by atoms with E-state index in [0.29, 0.717) is 27.4 Å². The highest BCUT2D eigenvalue weighted by Crippen LogP contribution is 2.25. The van der Waals surface area contributed by atoms with Crippen LogP contribution in [0, 0.1) is 6.92 Å². The molecule has 1 amide bonds. The predicted molar refractivity (Wildman–Crippen MR) is 129 cm³/mol.